The zero-order valence-corrected chi connectivity index (χ0v) is 14.5. The molecule has 0 aliphatic carbocycles. The summed E-state index contributed by atoms with van der Waals surface area (Å²) in [5.41, 5.74) is 0.887. The van der Waals surface area contributed by atoms with E-state index in [1.807, 2.05) is 6.07 Å². The number of benzene rings is 1. The van der Waals surface area contributed by atoms with Crippen LogP contribution in [0.25, 0.3) is 0 Å². The van der Waals surface area contributed by atoms with Gasteiger partial charge < -0.3 is 5.32 Å². The predicted octanol–water partition coefficient (Wildman–Crippen LogP) is 2.08. The largest absolute Gasteiger partial charge is 0.354 e. The summed E-state index contributed by atoms with van der Waals surface area (Å²) in [6.07, 6.45) is 2.95. The molecule has 0 aromatic heterocycles. The molecule has 1 aromatic rings. The summed E-state index contributed by atoms with van der Waals surface area (Å²) < 4.78 is 24.5. The summed E-state index contributed by atoms with van der Waals surface area (Å²) in [4.78, 5) is 12.2. The van der Waals surface area contributed by atoms with E-state index in [0.29, 0.717) is 42.4 Å². The highest BCUT2D eigenvalue weighted by Crippen LogP contribution is 2.22. The summed E-state index contributed by atoms with van der Waals surface area (Å²) in [6, 6.07) is 4.61. The number of carbonyl (C=O) groups excluding carboxylic acids is 1. The summed E-state index contributed by atoms with van der Waals surface area (Å²) in [7, 11) is -3.35. The highest BCUT2D eigenvalue weighted by molar-refractivity contribution is 7.88. The molecule has 1 atom stereocenters. The van der Waals surface area contributed by atoms with Gasteiger partial charge in [0, 0.05) is 23.1 Å². The second-order valence-corrected chi connectivity index (χ2v) is 8.09. The summed E-state index contributed by atoms with van der Waals surface area (Å²) in [5, 5.41) is 3.90. The highest BCUT2D eigenvalue weighted by atomic mass is 35.5. The van der Waals surface area contributed by atoms with Crippen LogP contribution in [-0.4, -0.2) is 44.0 Å². The Labute approximate surface area is 140 Å². The Balaban J connectivity index is 1.90. The number of hydrogen-bond donors (Lipinski definition) is 1. The molecule has 0 bridgehead atoms. The van der Waals surface area contributed by atoms with Crippen LogP contribution < -0.4 is 5.32 Å². The minimum Gasteiger partial charge on any atom is -0.354 e. The Morgan fingerprint density at radius 3 is 2.77 bits per heavy atom. The van der Waals surface area contributed by atoms with Gasteiger partial charge in [-0.3, -0.25) is 4.79 Å². The van der Waals surface area contributed by atoms with Crippen molar-refractivity contribution in [3.8, 4) is 0 Å². The fourth-order valence-electron chi connectivity index (χ4n) is 2.56. The first-order chi connectivity index (χ1) is 10.3. The van der Waals surface area contributed by atoms with Gasteiger partial charge in [0.05, 0.1) is 6.26 Å². The Kier molecular flexibility index (Phi) is 5.71. The summed E-state index contributed by atoms with van der Waals surface area (Å²) in [6.45, 7) is 0.800. The molecule has 1 unspecified atom stereocenters. The van der Waals surface area contributed by atoms with Crippen molar-refractivity contribution in [3.63, 3.8) is 0 Å². The minimum absolute atomic E-state index is 0.256. The smallest absolute Gasteiger partial charge is 0.238 e. The maximum absolute atomic E-state index is 12.2. The Morgan fingerprint density at radius 2 is 2.14 bits per heavy atom. The number of hydrogen-bond acceptors (Lipinski definition) is 3. The molecule has 2 rings (SSSR count). The van der Waals surface area contributed by atoms with E-state index in [-0.39, 0.29) is 5.91 Å². The maximum atomic E-state index is 12.2. The van der Waals surface area contributed by atoms with E-state index in [1.54, 1.807) is 12.1 Å². The van der Waals surface area contributed by atoms with E-state index in [1.165, 1.54) is 4.31 Å². The molecule has 1 aromatic carbocycles. The molecular formula is C14H18Cl2N2O3S. The van der Waals surface area contributed by atoms with Crippen LogP contribution in [0.3, 0.4) is 0 Å². The van der Waals surface area contributed by atoms with Crippen LogP contribution >= 0.6 is 23.2 Å². The molecule has 22 heavy (non-hydrogen) atoms. The van der Waals surface area contributed by atoms with Gasteiger partial charge in [0.25, 0.3) is 0 Å². The van der Waals surface area contributed by atoms with Crippen molar-refractivity contribution in [2.75, 3.05) is 19.3 Å². The lowest BCUT2D eigenvalue weighted by molar-refractivity contribution is -0.124. The van der Waals surface area contributed by atoms with Crippen molar-refractivity contribution in [2.45, 2.75) is 25.3 Å². The van der Waals surface area contributed by atoms with E-state index >= 15 is 0 Å². The van der Waals surface area contributed by atoms with E-state index < -0.39 is 16.1 Å². The van der Waals surface area contributed by atoms with Crippen molar-refractivity contribution in [1.82, 2.24) is 9.62 Å². The Hall–Kier alpha value is -0.820. The number of amides is 1. The topological polar surface area (TPSA) is 66.5 Å². The van der Waals surface area contributed by atoms with Gasteiger partial charge in [-0.25, -0.2) is 8.42 Å². The average molecular weight is 365 g/mol. The molecule has 0 spiro atoms. The normalized spacial score (nSPS) is 19.3. The average Bonchev–Trinajstić information content (AvgIpc) is 2.90. The molecular weight excluding hydrogens is 347 g/mol. The molecule has 1 heterocycles. The number of rotatable bonds is 5. The number of halogens is 2. The summed E-state index contributed by atoms with van der Waals surface area (Å²) in [5.74, 6) is -0.256. The van der Waals surface area contributed by atoms with Gasteiger partial charge in [-0.1, -0.05) is 29.3 Å². The standard InChI is InChI=1S/C14H18Cl2N2O3S/c1-22(20,21)18-8-2-3-13(18)14(19)17-7-6-10-4-5-11(15)9-12(10)16/h4-5,9,13H,2-3,6-8H2,1H3,(H,17,19). The lowest BCUT2D eigenvalue weighted by Gasteiger charge is -2.21. The Morgan fingerprint density at radius 1 is 1.41 bits per heavy atom. The fourth-order valence-corrected chi connectivity index (χ4v) is 4.19. The first kappa shape index (κ1) is 17.5. The van der Waals surface area contributed by atoms with Gasteiger partial charge in [-0.15, -0.1) is 0 Å². The van der Waals surface area contributed by atoms with Gasteiger partial charge in [-0.05, 0) is 37.0 Å². The molecule has 1 aliphatic heterocycles. The van der Waals surface area contributed by atoms with Gasteiger partial charge in [0.1, 0.15) is 6.04 Å². The lowest BCUT2D eigenvalue weighted by atomic mass is 10.1. The number of nitrogens with zero attached hydrogens (tertiary/aromatic N) is 1. The third-order valence-electron chi connectivity index (χ3n) is 3.64. The van der Waals surface area contributed by atoms with E-state index in [0.717, 1.165) is 11.8 Å². The van der Waals surface area contributed by atoms with Crippen molar-refractivity contribution < 1.29 is 13.2 Å². The molecule has 122 valence electrons. The van der Waals surface area contributed by atoms with E-state index in [2.05, 4.69) is 5.32 Å². The van der Waals surface area contributed by atoms with Crippen molar-refractivity contribution >= 4 is 39.1 Å². The maximum Gasteiger partial charge on any atom is 0.238 e. The first-order valence-corrected chi connectivity index (χ1v) is 9.58. The molecule has 0 radical (unpaired) electrons. The molecule has 1 fully saturated rings. The predicted molar refractivity (Wildman–Crippen MR) is 87.7 cm³/mol. The Bertz CT molecular complexity index is 664. The molecule has 5 nitrogen and oxygen atoms in total. The molecule has 0 saturated carbocycles. The van der Waals surface area contributed by atoms with Crippen LogP contribution in [0, 0.1) is 0 Å². The molecule has 1 aliphatic rings. The SMILES string of the molecule is CS(=O)(=O)N1CCCC1C(=O)NCCc1ccc(Cl)cc1Cl. The van der Waals surface area contributed by atoms with Crippen LogP contribution in [0.1, 0.15) is 18.4 Å². The van der Waals surface area contributed by atoms with Crippen molar-refractivity contribution in [3.05, 3.63) is 33.8 Å². The highest BCUT2D eigenvalue weighted by Gasteiger charge is 2.36. The second kappa shape index (κ2) is 7.17. The zero-order valence-electron chi connectivity index (χ0n) is 12.2. The number of sulfonamides is 1. The van der Waals surface area contributed by atoms with Crippen molar-refractivity contribution in [1.29, 1.82) is 0 Å². The number of carbonyl (C=O) groups is 1. The summed E-state index contributed by atoms with van der Waals surface area (Å²) >= 11 is 11.9. The van der Waals surface area contributed by atoms with Crippen LogP contribution in [0.4, 0.5) is 0 Å². The van der Waals surface area contributed by atoms with Gasteiger partial charge >= 0.3 is 0 Å². The molecule has 1 N–H and O–H groups in total. The van der Waals surface area contributed by atoms with Crippen LogP contribution in [0.2, 0.25) is 10.0 Å². The van der Waals surface area contributed by atoms with Gasteiger partial charge in [0.2, 0.25) is 15.9 Å². The first-order valence-electron chi connectivity index (χ1n) is 6.97. The molecule has 1 amide bonds. The zero-order chi connectivity index (χ0) is 16.3. The van der Waals surface area contributed by atoms with Gasteiger partial charge in [0.15, 0.2) is 0 Å². The van der Waals surface area contributed by atoms with Crippen LogP contribution in [0.5, 0.6) is 0 Å². The van der Waals surface area contributed by atoms with Crippen molar-refractivity contribution in [2.24, 2.45) is 0 Å². The lowest BCUT2D eigenvalue weighted by Crippen LogP contribution is -2.45. The van der Waals surface area contributed by atoms with E-state index in [4.69, 9.17) is 23.2 Å². The number of nitrogens with one attached hydrogen (secondary N) is 1. The molecule has 1 saturated heterocycles. The second-order valence-electron chi connectivity index (χ2n) is 5.31. The minimum atomic E-state index is -3.35. The quantitative estimate of drug-likeness (QED) is 0.869. The van der Waals surface area contributed by atoms with Gasteiger partial charge in [-0.2, -0.15) is 4.31 Å². The third kappa shape index (κ3) is 4.35. The van der Waals surface area contributed by atoms with Crippen LogP contribution in [0.15, 0.2) is 18.2 Å². The third-order valence-corrected chi connectivity index (χ3v) is 5.52. The molecule has 8 heteroatoms. The van der Waals surface area contributed by atoms with E-state index in [9.17, 15) is 13.2 Å². The monoisotopic (exact) mass is 364 g/mol. The fraction of sp³-hybridized carbons (Fsp3) is 0.500. The van der Waals surface area contributed by atoms with Crippen LogP contribution in [-0.2, 0) is 21.2 Å².